The number of amides is 1. The number of rotatable bonds is 5. The lowest BCUT2D eigenvalue weighted by Crippen LogP contribution is -2.13. The Hall–Kier alpha value is -3.42. The summed E-state index contributed by atoms with van der Waals surface area (Å²) in [6.07, 6.45) is 1.48. The number of hydrogen-bond acceptors (Lipinski definition) is 6. The van der Waals surface area contributed by atoms with Crippen LogP contribution < -0.4 is 5.32 Å². The molecule has 0 aliphatic heterocycles. The van der Waals surface area contributed by atoms with Crippen LogP contribution in [0.1, 0.15) is 59.9 Å². The van der Waals surface area contributed by atoms with E-state index in [-0.39, 0.29) is 11.3 Å². The Kier molecular flexibility index (Phi) is 5.54. The molecule has 0 unspecified atom stereocenters. The average molecular weight is 396 g/mol. The highest BCUT2D eigenvalue weighted by Crippen LogP contribution is 2.24. The number of anilines is 1. The first-order valence-corrected chi connectivity index (χ1v) is 9.31. The summed E-state index contributed by atoms with van der Waals surface area (Å²) in [5.74, 6) is 0.352. The van der Waals surface area contributed by atoms with Crippen LogP contribution in [-0.4, -0.2) is 33.4 Å². The van der Waals surface area contributed by atoms with Crippen molar-refractivity contribution >= 4 is 17.7 Å². The minimum absolute atomic E-state index is 0.193. The van der Waals surface area contributed by atoms with Crippen molar-refractivity contribution in [2.45, 2.75) is 40.0 Å². The zero-order chi connectivity index (χ0) is 21.2. The van der Waals surface area contributed by atoms with Crippen molar-refractivity contribution in [2.75, 3.05) is 11.9 Å². The van der Waals surface area contributed by atoms with Gasteiger partial charge in [0.2, 0.25) is 0 Å². The molecule has 0 aliphatic carbocycles. The van der Waals surface area contributed by atoms with Crippen molar-refractivity contribution in [1.29, 1.82) is 0 Å². The molecule has 1 N–H and O–H groups in total. The maximum atomic E-state index is 12.5. The zero-order valence-corrected chi connectivity index (χ0v) is 17.1. The van der Waals surface area contributed by atoms with Gasteiger partial charge >= 0.3 is 5.97 Å². The lowest BCUT2D eigenvalue weighted by Gasteiger charge is -2.12. The number of ether oxygens (including phenoxy) is 1. The number of hydrogen-bond donors (Lipinski definition) is 1. The molecule has 2 heterocycles. The van der Waals surface area contributed by atoms with Crippen LogP contribution in [0.25, 0.3) is 5.69 Å². The van der Waals surface area contributed by atoms with E-state index in [1.807, 2.05) is 20.8 Å². The first-order chi connectivity index (χ1) is 13.7. The first kappa shape index (κ1) is 20.3. The van der Waals surface area contributed by atoms with E-state index in [0.717, 1.165) is 5.69 Å². The van der Waals surface area contributed by atoms with Crippen LogP contribution in [0.5, 0.6) is 0 Å². The van der Waals surface area contributed by atoms with E-state index >= 15 is 0 Å². The third-order valence-electron chi connectivity index (χ3n) is 4.37. The molecule has 0 bridgehead atoms. The van der Waals surface area contributed by atoms with E-state index in [4.69, 9.17) is 9.26 Å². The van der Waals surface area contributed by atoms with Gasteiger partial charge in [-0.15, -0.1) is 0 Å². The molecule has 3 aromatic rings. The molecule has 0 aliphatic rings. The van der Waals surface area contributed by atoms with Crippen molar-refractivity contribution in [3.63, 3.8) is 0 Å². The van der Waals surface area contributed by atoms with E-state index in [1.165, 1.54) is 6.20 Å². The van der Waals surface area contributed by atoms with Gasteiger partial charge in [0.1, 0.15) is 11.3 Å². The Bertz CT molecular complexity index is 1030. The number of nitrogens with zero attached hydrogens (tertiary/aromatic N) is 3. The number of esters is 1. The van der Waals surface area contributed by atoms with Gasteiger partial charge in [0.25, 0.3) is 5.91 Å². The number of carbonyl (C=O) groups excluding carboxylic acids is 2. The van der Waals surface area contributed by atoms with E-state index in [2.05, 4.69) is 15.6 Å². The van der Waals surface area contributed by atoms with Gasteiger partial charge in [0.15, 0.2) is 5.82 Å². The summed E-state index contributed by atoms with van der Waals surface area (Å²) >= 11 is 0. The molecule has 0 fully saturated rings. The number of carbonyl (C=O) groups is 2. The fourth-order valence-corrected chi connectivity index (χ4v) is 2.71. The second-order valence-corrected chi connectivity index (χ2v) is 7.60. The predicted octanol–water partition coefficient (Wildman–Crippen LogP) is 3.90. The Balaban J connectivity index is 1.74. The van der Waals surface area contributed by atoms with Gasteiger partial charge in [-0.25, -0.2) is 9.48 Å². The highest BCUT2D eigenvalue weighted by molar-refractivity contribution is 6.03. The lowest BCUT2D eigenvalue weighted by atomic mass is 9.93. The molecule has 0 saturated carbocycles. The monoisotopic (exact) mass is 396 g/mol. The minimum Gasteiger partial charge on any atom is -0.462 e. The van der Waals surface area contributed by atoms with Gasteiger partial charge in [0.05, 0.1) is 24.2 Å². The Morgan fingerprint density at radius 3 is 2.48 bits per heavy atom. The van der Waals surface area contributed by atoms with Gasteiger partial charge in [-0.05, 0) is 38.1 Å². The lowest BCUT2D eigenvalue weighted by molar-refractivity contribution is 0.0525. The number of nitrogens with one attached hydrogen (secondary N) is 1. The van der Waals surface area contributed by atoms with Gasteiger partial charge in [0, 0.05) is 17.0 Å². The summed E-state index contributed by atoms with van der Waals surface area (Å²) in [4.78, 5) is 24.4. The Labute approximate surface area is 168 Å². The van der Waals surface area contributed by atoms with Crippen LogP contribution in [0.3, 0.4) is 0 Å². The Morgan fingerprint density at radius 2 is 1.90 bits per heavy atom. The smallest absolute Gasteiger partial charge is 0.341 e. The molecule has 2 aromatic heterocycles. The second kappa shape index (κ2) is 7.90. The normalized spacial score (nSPS) is 11.3. The van der Waals surface area contributed by atoms with Crippen LogP contribution in [-0.2, 0) is 10.2 Å². The first-order valence-electron chi connectivity index (χ1n) is 9.31. The SMILES string of the molecule is CCOC(=O)c1cnn(-c2ccc(C(=O)Nc3cc(C(C)(C)C)on3)cc2)c1C. The highest BCUT2D eigenvalue weighted by atomic mass is 16.5. The molecule has 0 atom stereocenters. The number of benzene rings is 1. The maximum absolute atomic E-state index is 12.5. The van der Waals surface area contributed by atoms with Crippen molar-refractivity contribution in [1.82, 2.24) is 14.9 Å². The fourth-order valence-electron chi connectivity index (χ4n) is 2.71. The molecule has 8 heteroatoms. The summed E-state index contributed by atoms with van der Waals surface area (Å²) in [5.41, 5.74) is 2.07. The molecular weight excluding hydrogens is 372 g/mol. The summed E-state index contributed by atoms with van der Waals surface area (Å²) in [7, 11) is 0. The predicted molar refractivity (Wildman–Crippen MR) is 107 cm³/mol. The van der Waals surface area contributed by atoms with E-state index in [0.29, 0.717) is 35.0 Å². The quantitative estimate of drug-likeness (QED) is 0.657. The van der Waals surface area contributed by atoms with E-state index in [1.54, 1.807) is 48.9 Å². The molecule has 0 saturated heterocycles. The van der Waals surface area contributed by atoms with Crippen molar-refractivity contribution in [3.05, 3.63) is 59.1 Å². The standard InChI is InChI=1S/C21H24N4O4/c1-6-28-20(27)16-12-22-25(13(16)2)15-9-7-14(8-10-15)19(26)23-18-11-17(29-24-18)21(3,4)5/h7-12H,6H2,1-5H3,(H,23,24,26). The summed E-state index contributed by atoms with van der Waals surface area (Å²) in [6, 6.07) is 8.60. The highest BCUT2D eigenvalue weighted by Gasteiger charge is 2.21. The molecule has 0 radical (unpaired) electrons. The van der Waals surface area contributed by atoms with Gasteiger partial charge < -0.3 is 14.6 Å². The van der Waals surface area contributed by atoms with Crippen molar-refractivity contribution < 1.29 is 18.8 Å². The summed E-state index contributed by atoms with van der Waals surface area (Å²) in [5, 5.41) is 10.9. The van der Waals surface area contributed by atoms with Crippen molar-refractivity contribution in [2.24, 2.45) is 0 Å². The largest absolute Gasteiger partial charge is 0.462 e. The van der Waals surface area contributed by atoms with Gasteiger partial charge in [-0.2, -0.15) is 5.10 Å². The summed E-state index contributed by atoms with van der Waals surface area (Å²) in [6.45, 7) is 9.85. The van der Waals surface area contributed by atoms with Gasteiger partial charge in [-0.3, -0.25) is 4.79 Å². The molecule has 152 valence electrons. The molecule has 1 amide bonds. The third kappa shape index (κ3) is 4.37. The van der Waals surface area contributed by atoms with Crippen LogP contribution in [0, 0.1) is 6.92 Å². The molecule has 29 heavy (non-hydrogen) atoms. The van der Waals surface area contributed by atoms with E-state index < -0.39 is 5.97 Å². The third-order valence-corrected chi connectivity index (χ3v) is 4.37. The maximum Gasteiger partial charge on any atom is 0.341 e. The molecule has 3 rings (SSSR count). The molecule has 0 spiro atoms. The minimum atomic E-state index is -0.408. The average Bonchev–Trinajstić information content (AvgIpc) is 3.28. The van der Waals surface area contributed by atoms with Crippen LogP contribution >= 0.6 is 0 Å². The van der Waals surface area contributed by atoms with Crippen LogP contribution in [0.15, 0.2) is 41.1 Å². The van der Waals surface area contributed by atoms with Crippen molar-refractivity contribution in [3.8, 4) is 5.69 Å². The van der Waals surface area contributed by atoms with Crippen LogP contribution in [0.2, 0.25) is 0 Å². The zero-order valence-electron chi connectivity index (χ0n) is 17.1. The molecular formula is C21H24N4O4. The van der Waals surface area contributed by atoms with Gasteiger partial charge in [-0.1, -0.05) is 25.9 Å². The second-order valence-electron chi connectivity index (χ2n) is 7.60. The van der Waals surface area contributed by atoms with Crippen LogP contribution in [0.4, 0.5) is 5.82 Å². The topological polar surface area (TPSA) is 99.2 Å². The van der Waals surface area contributed by atoms with E-state index in [9.17, 15) is 9.59 Å². The fraction of sp³-hybridized carbons (Fsp3) is 0.333. The summed E-state index contributed by atoms with van der Waals surface area (Å²) < 4.78 is 11.9. The molecule has 1 aromatic carbocycles. The Morgan fingerprint density at radius 1 is 1.21 bits per heavy atom. The molecule has 8 nitrogen and oxygen atoms in total. The number of aromatic nitrogens is 3.